The van der Waals surface area contributed by atoms with E-state index in [2.05, 4.69) is 13.8 Å². The lowest BCUT2D eigenvalue weighted by Crippen LogP contribution is -2.45. The second-order valence-corrected chi connectivity index (χ2v) is 5.75. The Morgan fingerprint density at radius 2 is 2.00 bits per heavy atom. The summed E-state index contributed by atoms with van der Waals surface area (Å²) < 4.78 is 5.58. The van der Waals surface area contributed by atoms with Crippen LogP contribution in [0.2, 0.25) is 0 Å². The van der Waals surface area contributed by atoms with Crippen LogP contribution in [0.25, 0.3) is 0 Å². The van der Waals surface area contributed by atoms with Gasteiger partial charge in [-0.25, -0.2) is 0 Å². The highest BCUT2D eigenvalue weighted by Crippen LogP contribution is 2.22. The smallest absolute Gasteiger partial charge is 0.226 e. The minimum Gasteiger partial charge on any atom is -0.493 e. The molecule has 1 aromatic rings. The topological polar surface area (TPSA) is 55.6 Å². The van der Waals surface area contributed by atoms with Crippen molar-refractivity contribution in [2.75, 3.05) is 18.9 Å². The van der Waals surface area contributed by atoms with Crippen molar-refractivity contribution in [3.8, 4) is 5.75 Å². The molecule has 2 atom stereocenters. The lowest BCUT2D eigenvalue weighted by molar-refractivity contribution is -0.135. The van der Waals surface area contributed by atoms with Crippen molar-refractivity contribution >= 4 is 11.6 Å². The van der Waals surface area contributed by atoms with Gasteiger partial charge in [-0.05, 0) is 49.9 Å². The Hall–Kier alpha value is -1.71. The summed E-state index contributed by atoms with van der Waals surface area (Å²) in [6.45, 7) is 5.63. The van der Waals surface area contributed by atoms with Crippen LogP contribution in [0.3, 0.4) is 0 Å². The molecule has 20 heavy (non-hydrogen) atoms. The molecular weight excluding hydrogens is 252 g/mol. The molecule has 0 aliphatic carbocycles. The predicted molar refractivity (Wildman–Crippen MR) is 80.5 cm³/mol. The van der Waals surface area contributed by atoms with Gasteiger partial charge in [-0.3, -0.25) is 4.79 Å². The number of nitrogens with two attached hydrogens (primary N) is 1. The number of carbonyl (C=O) groups excluding carboxylic acids is 1. The van der Waals surface area contributed by atoms with Crippen LogP contribution >= 0.6 is 0 Å². The van der Waals surface area contributed by atoms with Crippen molar-refractivity contribution in [3.63, 3.8) is 0 Å². The number of anilines is 1. The highest BCUT2D eigenvalue weighted by atomic mass is 16.5. The lowest BCUT2D eigenvalue weighted by atomic mass is 9.95. The van der Waals surface area contributed by atoms with Crippen LogP contribution in [0, 0.1) is 5.92 Å². The van der Waals surface area contributed by atoms with Crippen LogP contribution in [0.15, 0.2) is 24.3 Å². The highest BCUT2D eigenvalue weighted by Gasteiger charge is 2.26. The number of nitrogen functional groups attached to an aromatic ring is 1. The Balaban J connectivity index is 1.78. The van der Waals surface area contributed by atoms with Crippen LogP contribution in [0.5, 0.6) is 5.75 Å². The first kappa shape index (κ1) is 14.7. The van der Waals surface area contributed by atoms with Gasteiger partial charge in [0.15, 0.2) is 0 Å². The molecule has 4 heteroatoms. The van der Waals surface area contributed by atoms with Crippen molar-refractivity contribution in [1.29, 1.82) is 0 Å². The molecule has 1 aromatic carbocycles. The Morgan fingerprint density at radius 3 is 2.70 bits per heavy atom. The molecule has 0 aromatic heterocycles. The first-order valence-electron chi connectivity index (χ1n) is 7.34. The van der Waals surface area contributed by atoms with E-state index in [0.717, 1.165) is 18.7 Å². The van der Waals surface area contributed by atoms with E-state index >= 15 is 0 Å². The number of hydrogen-bond acceptors (Lipinski definition) is 3. The fourth-order valence-corrected chi connectivity index (χ4v) is 2.60. The van der Waals surface area contributed by atoms with Gasteiger partial charge in [-0.15, -0.1) is 0 Å². The molecule has 2 N–H and O–H groups in total. The minimum absolute atomic E-state index is 0.194. The van der Waals surface area contributed by atoms with E-state index in [1.165, 1.54) is 6.42 Å². The largest absolute Gasteiger partial charge is 0.493 e. The zero-order valence-corrected chi connectivity index (χ0v) is 12.3. The molecule has 0 saturated carbocycles. The number of nitrogens with zero attached hydrogens (tertiary/aromatic N) is 1. The first-order valence-corrected chi connectivity index (χ1v) is 7.34. The third-order valence-electron chi connectivity index (χ3n) is 3.90. The Bertz CT molecular complexity index is 444. The number of carbonyl (C=O) groups is 1. The van der Waals surface area contributed by atoms with Crippen LogP contribution in [0.4, 0.5) is 5.69 Å². The Morgan fingerprint density at radius 1 is 1.30 bits per heavy atom. The molecule has 4 nitrogen and oxygen atoms in total. The molecule has 1 saturated heterocycles. The van der Waals surface area contributed by atoms with E-state index in [-0.39, 0.29) is 5.91 Å². The molecule has 0 bridgehead atoms. The van der Waals surface area contributed by atoms with Gasteiger partial charge in [-0.2, -0.15) is 0 Å². The monoisotopic (exact) mass is 276 g/mol. The number of likely N-dealkylation sites (tertiary alicyclic amines) is 1. The second kappa shape index (κ2) is 6.64. The Kier molecular flexibility index (Phi) is 4.88. The third kappa shape index (κ3) is 3.89. The van der Waals surface area contributed by atoms with Gasteiger partial charge >= 0.3 is 0 Å². The summed E-state index contributed by atoms with van der Waals surface area (Å²) in [6, 6.07) is 7.60. The first-order chi connectivity index (χ1) is 9.56. The van der Waals surface area contributed by atoms with Gasteiger partial charge < -0.3 is 15.4 Å². The zero-order valence-electron chi connectivity index (χ0n) is 12.3. The molecule has 0 radical (unpaired) electrons. The fraction of sp³-hybridized carbons (Fsp3) is 0.562. The molecule has 110 valence electrons. The van der Waals surface area contributed by atoms with Crippen LogP contribution in [0.1, 0.15) is 33.1 Å². The van der Waals surface area contributed by atoms with Crippen molar-refractivity contribution in [1.82, 2.24) is 4.90 Å². The van der Waals surface area contributed by atoms with E-state index < -0.39 is 0 Å². The number of hydrogen-bond donors (Lipinski definition) is 1. The second-order valence-electron chi connectivity index (χ2n) is 5.75. The average Bonchev–Trinajstić information content (AvgIpc) is 2.43. The molecule has 2 rings (SSSR count). The third-order valence-corrected chi connectivity index (χ3v) is 3.90. The van der Waals surface area contributed by atoms with E-state index in [4.69, 9.17) is 10.5 Å². The summed E-state index contributed by atoms with van der Waals surface area (Å²) in [4.78, 5) is 14.2. The Labute approximate surface area is 120 Å². The quantitative estimate of drug-likeness (QED) is 0.860. The predicted octanol–water partition coefficient (Wildman–Crippen LogP) is 2.68. The summed E-state index contributed by atoms with van der Waals surface area (Å²) in [7, 11) is 0. The molecule has 1 aliphatic heterocycles. The minimum atomic E-state index is 0.194. The SMILES string of the molecule is CC1CCC(C)N(C(=O)CCOc2ccc(N)cc2)C1. The molecule has 1 fully saturated rings. The van der Waals surface area contributed by atoms with Gasteiger partial charge in [0.25, 0.3) is 0 Å². The number of amides is 1. The number of benzene rings is 1. The summed E-state index contributed by atoms with van der Waals surface area (Å²) in [6.07, 6.45) is 2.75. The number of ether oxygens (including phenoxy) is 1. The molecule has 2 unspecified atom stereocenters. The van der Waals surface area contributed by atoms with E-state index in [0.29, 0.717) is 30.7 Å². The van der Waals surface area contributed by atoms with Crippen molar-refractivity contribution in [2.45, 2.75) is 39.2 Å². The highest BCUT2D eigenvalue weighted by molar-refractivity contribution is 5.76. The number of piperidine rings is 1. The van der Waals surface area contributed by atoms with Gasteiger partial charge in [0.05, 0.1) is 13.0 Å². The van der Waals surface area contributed by atoms with Gasteiger partial charge in [0.1, 0.15) is 5.75 Å². The van der Waals surface area contributed by atoms with Crippen molar-refractivity contribution in [3.05, 3.63) is 24.3 Å². The van der Waals surface area contributed by atoms with E-state index in [9.17, 15) is 4.79 Å². The van der Waals surface area contributed by atoms with Crippen molar-refractivity contribution in [2.24, 2.45) is 5.92 Å². The van der Waals surface area contributed by atoms with Crippen LogP contribution in [-0.4, -0.2) is 30.0 Å². The maximum atomic E-state index is 12.2. The van der Waals surface area contributed by atoms with Crippen LogP contribution in [-0.2, 0) is 4.79 Å². The van der Waals surface area contributed by atoms with Crippen LogP contribution < -0.4 is 10.5 Å². The molecule has 1 amide bonds. The lowest BCUT2D eigenvalue weighted by Gasteiger charge is -2.36. The van der Waals surface area contributed by atoms with E-state index in [1.54, 1.807) is 12.1 Å². The maximum absolute atomic E-state index is 12.2. The van der Waals surface area contributed by atoms with Crippen molar-refractivity contribution < 1.29 is 9.53 Å². The van der Waals surface area contributed by atoms with E-state index in [1.807, 2.05) is 17.0 Å². The standard InChI is InChI=1S/C16H24N2O2/c1-12-3-4-13(2)18(11-12)16(19)9-10-20-15-7-5-14(17)6-8-15/h5-8,12-13H,3-4,9-11,17H2,1-2H3. The fourth-order valence-electron chi connectivity index (χ4n) is 2.60. The van der Waals surface area contributed by atoms with Gasteiger partial charge in [-0.1, -0.05) is 6.92 Å². The summed E-state index contributed by atoms with van der Waals surface area (Å²) in [5.41, 5.74) is 6.33. The normalized spacial score (nSPS) is 22.6. The molecular formula is C16H24N2O2. The molecule has 1 aliphatic rings. The molecule has 0 spiro atoms. The zero-order chi connectivity index (χ0) is 14.5. The van der Waals surface area contributed by atoms with Gasteiger partial charge in [0, 0.05) is 18.3 Å². The summed E-state index contributed by atoms with van der Waals surface area (Å²) in [5, 5.41) is 0. The van der Waals surface area contributed by atoms with Gasteiger partial charge in [0.2, 0.25) is 5.91 Å². The summed E-state index contributed by atoms with van der Waals surface area (Å²) >= 11 is 0. The number of rotatable bonds is 4. The molecule has 1 heterocycles. The summed E-state index contributed by atoms with van der Waals surface area (Å²) in [5.74, 6) is 1.56. The maximum Gasteiger partial charge on any atom is 0.226 e. The average molecular weight is 276 g/mol.